The van der Waals surface area contributed by atoms with Crippen LogP contribution in [0, 0.1) is 0 Å². The van der Waals surface area contributed by atoms with E-state index in [4.69, 9.17) is 22.1 Å². The molecule has 29 heavy (non-hydrogen) atoms. The Bertz CT molecular complexity index is 883. The van der Waals surface area contributed by atoms with Crippen LogP contribution in [-0.2, 0) is 14.4 Å². The van der Waals surface area contributed by atoms with Crippen molar-refractivity contribution < 1.29 is 23.9 Å². The van der Waals surface area contributed by atoms with Crippen molar-refractivity contribution >= 4 is 52.4 Å². The van der Waals surface area contributed by atoms with Crippen molar-refractivity contribution in [3.8, 4) is 5.75 Å². The maximum atomic E-state index is 12.6. The highest BCUT2D eigenvalue weighted by Crippen LogP contribution is 2.33. The Morgan fingerprint density at radius 3 is 2.59 bits per heavy atom. The van der Waals surface area contributed by atoms with E-state index in [0.717, 1.165) is 35.9 Å². The number of thioether (sulfide) groups is 1. The number of hydrogen-bond donors (Lipinski definition) is 1. The topological polar surface area (TPSA) is 110 Å². The van der Waals surface area contributed by atoms with Gasteiger partial charge >= 0.3 is 0 Å². The van der Waals surface area contributed by atoms with Crippen LogP contribution in [0.1, 0.15) is 24.8 Å². The van der Waals surface area contributed by atoms with E-state index in [1.54, 1.807) is 23.1 Å². The number of nitrogens with two attached hydrogens (primary N) is 1. The summed E-state index contributed by atoms with van der Waals surface area (Å²) in [6.07, 6.45) is 4.49. The largest absolute Gasteiger partial charge is 0.482 e. The van der Waals surface area contributed by atoms with E-state index in [0.29, 0.717) is 18.7 Å². The first-order valence-corrected chi connectivity index (χ1v) is 10.3. The number of carbonyl (C=O) groups is 4. The SMILES string of the molecule is NC(=O)COc1ccc(/C=C2\SC(=O)N(CC(=O)N3CCCCC3)C2=O)cc1Cl. The molecule has 0 unspecified atom stereocenters. The Morgan fingerprint density at radius 1 is 1.21 bits per heavy atom. The molecule has 4 amide bonds. The summed E-state index contributed by atoms with van der Waals surface area (Å²) < 4.78 is 5.18. The van der Waals surface area contributed by atoms with Crippen molar-refractivity contribution in [2.24, 2.45) is 5.73 Å². The lowest BCUT2D eigenvalue weighted by Gasteiger charge is -2.27. The second-order valence-electron chi connectivity index (χ2n) is 6.65. The van der Waals surface area contributed by atoms with Gasteiger partial charge in [0.1, 0.15) is 12.3 Å². The molecule has 0 aromatic heterocycles. The predicted octanol–water partition coefficient (Wildman–Crippen LogP) is 2.25. The van der Waals surface area contributed by atoms with Crippen molar-refractivity contribution in [2.75, 3.05) is 26.2 Å². The number of hydrogen-bond acceptors (Lipinski definition) is 6. The molecule has 0 bridgehead atoms. The van der Waals surface area contributed by atoms with E-state index in [1.165, 1.54) is 6.08 Å². The Morgan fingerprint density at radius 2 is 1.93 bits per heavy atom. The van der Waals surface area contributed by atoms with Gasteiger partial charge in [0.25, 0.3) is 17.1 Å². The fraction of sp³-hybridized carbons (Fsp3) is 0.368. The maximum absolute atomic E-state index is 12.6. The Labute approximate surface area is 177 Å². The molecule has 0 spiro atoms. The number of likely N-dealkylation sites (tertiary alicyclic amines) is 1. The third kappa shape index (κ3) is 5.30. The molecule has 2 saturated heterocycles. The van der Waals surface area contributed by atoms with Gasteiger partial charge in [0.15, 0.2) is 6.61 Å². The summed E-state index contributed by atoms with van der Waals surface area (Å²) in [4.78, 5) is 50.9. The second-order valence-corrected chi connectivity index (χ2v) is 8.05. The summed E-state index contributed by atoms with van der Waals surface area (Å²) in [6, 6.07) is 4.72. The summed E-state index contributed by atoms with van der Waals surface area (Å²) in [5.74, 6) is -1.07. The Hall–Kier alpha value is -2.52. The lowest BCUT2D eigenvalue weighted by molar-refractivity contribution is -0.136. The van der Waals surface area contributed by atoms with E-state index in [1.807, 2.05) is 0 Å². The third-order valence-corrected chi connectivity index (χ3v) is 5.70. The Kier molecular flexibility index (Phi) is 6.81. The van der Waals surface area contributed by atoms with Gasteiger partial charge in [-0.15, -0.1) is 0 Å². The van der Waals surface area contributed by atoms with Gasteiger partial charge in [0, 0.05) is 13.1 Å². The van der Waals surface area contributed by atoms with E-state index >= 15 is 0 Å². The van der Waals surface area contributed by atoms with Gasteiger partial charge in [-0.05, 0) is 54.8 Å². The first kappa shape index (κ1) is 21.2. The molecule has 8 nitrogen and oxygen atoms in total. The number of nitrogens with zero attached hydrogens (tertiary/aromatic N) is 2. The molecule has 0 radical (unpaired) electrons. The molecule has 0 saturated carbocycles. The average Bonchev–Trinajstić information content (AvgIpc) is 2.95. The lowest BCUT2D eigenvalue weighted by Crippen LogP contribution is -2.44. The van der Waals surface area contributed by atoms with E-state index in [9.17, 15) is 19.2 Å². The Balaban J connectivity index is 1.68. The van der Waals surface area contributed by atoms with E-state index in [2.05, 4.69) is 0 Å². The van der Waals surface area contributed by atoms with Gasteiger partial charge < -0.3 is 15.4 Å². The number of amides is 4. The summed E-state index contributed by atoms with van der Waals surface area (Å²) in [5, 5.41) is -0.237. The summed E-state index contributed by atoms with van der Waals surface area (Å²) in [7, 11) is 0. The van der Waals surface area contributed by atoms with Crippen LogP contribution in [0.2, 0.25) is 5.02 Å². The van der Waals surface area contributed by atoms with E-state index < -0.39 is 17.1 Å². The van der Waals surface area contributed by atoms with Crippen LogP contribution in [-0.4, -0.2) is 59.0 Å². The van der Waals surface area contributed by atoms with Crippen molar-refractivity contribution in [1.82, 2.24) is 9.80 Å². The molecule has 1 aromatic carbocycles. The van der Waals surface area contributed by atoms with Crippen LogP contribution in [0.4, 0.5) is 4.79 Å². The highest BCUT2D eigenvalue weighted by Gasteiger charge is 2.37. The van der Waals surface area contributed by atoms with Crippen LogP contribution in [0.25, 0.3) is 6.08 Å². The molecule has 2 aliphatic rings. The molecule has 0 atom stereocenters. The van der Waals surface area contributed by atoms with Crippen molar-refractivity contribution in [1.29, 1.82) is 0 Å². The summed E-state index contributed by atoms with van der Waals surface area (Å²) in [5.41, 5.74) is 5.61. The predicted molar refractivity (Wildman–Crippen MR) is 109 cm³/mol. The van der Waals surface area contributed by atoms with Gasteiger partial charge in [-0.2, -0.15) is 0 Å². The first-order chi connectivity index (χ1) is 13.8. The molecule has 2 fully saturated rings. The fourth-order valence-corrected chi connectivity index (χ4v) is 4.12. The van der Waals surface area contributed by atoms with Crippen molar-refractivity contribution in [2.45, 2.75) is 19.3 Å². The fourth-order valence-electron chi connectivity index (χ4n) is 3.04. The van der Waals surface area contributed by atoms with Crippen LogP contribution in [0.15, 0.2) is 23.1 Å². The standard InChI is InChI=1S/C19H20ClN3O5S/c20-13-8-12(4-5-14(13)28-11-16(21)24)9-15-18(26)23(19(27)29-15)10-17(25)22-6-2-1-3-7-22/h4-5,8-9H,1-3,6-7,10-11H2,(H2,21,24)/b15-9-. The highest BCUT2D eigenvalue weighted by molar-refractivity contribution is 8.18. The van der Waals surface area contributed by atoms with E-state index in [-0.39, 0.29) is 34.7 Å². The molecule has 10 heteroatoms. The van der Waals surface area contributed by atoms with Gasteiger partial charge in [-0.3, -0.25) is 24.1 Å². The minimum atomic E-state index is -0.627. The molecule has 3 rings (SSSR count). The smallest absolute Gasteiger partial charge is 0.294 e. The molecule has 0 aliphatic carbocycles. The monoisotopic (exact) mass is 437 g/mol. The lowest BCUT2D eigenvalue weighted by atomic mass is 10.1. The summed E-state index contributed by atoms with van der Waals surface area (Å²) in [6.45, 7) is 0.771. The number of rotatable bonds is 6. The zero-order valence-electron chi connectivity index (χ0n) is 15.6. The molecule has 2 N–H and O–H groups in total. The van der Waals surface area contributed by atoms with Crippen molar-refractivity contribution in [3.05, 3.63) is 33.7 Å². The normalized spacial score (nSPS) is 18.4. The third-order valence-electron chi connectivity index (χ3n) is 4.50. The van der Waals surface area contributed by atoms with Gasteiger partial charge in [0.2, 0.25) is 5.91 Å². The number of benzene rings is 1. The quantitative estimate of drug-likeness (QED) is 0.683. The van der Waals surface area contributed by atoms with Crippen LogP contribution in [0.5, 0.6) is 5.75 Å². The number of primary amides is 1. The number of imide groups is 1. The molecule has 1 aromatic rings. The minimum absolute atomic E-state index is 0.211. The number of piperidine rings is 1. The second kappa shape index (κ2) is 9.32. The molecule has 2 aliphatic heterocycles. The minimum Gasteiger partial charge on any atom is -0.482 e. The van der Waals surface area contributed by atoms with Gasteiger partial charge in [-0.25, -0.2) is 0 Å². The molecule has 154 valence electrons. The number of ether oxygens (including phenoxy) is 1. The molecule has 2 heterocycles. The highest BCUT2D eigenvalue weighted by atomic mass is 35.5. The molecular weight excluding hydrogens is 418 g/mol. The van der Waals surface area contributed by atoms with Crippen LogP contribution >= 0.6 is 23.4 Å². The summed E-state index contributed by atoms with van der Waals surface area (Å²) >= 11 is 6.90. The van der Waals surface area contributed by atoms with Gasteiger partial charge in [0.05, 0.1) is 9.93 Å². The zero-order valence-corrected chi connectivity index (χ0v) is 17.1. The molecular formula is C19H20ClN3O5S. The van der Waals surface area contributed by atoms with Crippen LogP contribution in [0.3, 0.4) is 0 Å². The number of carbonyl (C=O) groups excluding carboxylic acids is 4. The van der Waals surface area contributed by atoms with Crippen LogP contribution < -0.4 is 10.5 Å². The van der Waals surface area contributed by atoms with Gasteiger partial charge in [-0.1, -0.05) is 17.7 Å². The van der Waals surface area contributed by atoms with Crippen molar-refractivity contribution in [3.63, 3.8) is 0 Å². The zero-order chi connectivity index (χ0) is 21.0. The first-order valence-electron chi connectivity index (χ1n) is 9.09. The maximum Gasteiger partial charge on any atom is 0.294 e. The average molecular weight is 438 g/mol. The number of halogens is 1.